The maximum Gasteiger partial charge on any atom is 0.307 e. The molecule has 0 amide bonds. The van der Waals surface area contributed by atoms with Crippen LogP contribution in [0.25, 0.3) is 11.1 Å². The SMILES string of the molecule is CCOCCOc1ccc2c(c1)CCOc1ccc(CNc3ccc(C4CC4C(=O)O)cc3)cc1-2. The van der Waals surface area contributed by atoms with Gasteiger partial charge in [0.25, 0.3) is 0 Å². The van der Waals surface area contributed by atoms with Gasteiger partial charge in [0.05, 0.1) is 19.1 Å². The molecular weight excluding hydrogens is 442 g/mol. The molecule has 0 spiro atoms. The Morgan fingerprint density at radius 1 is 1.06 bits per heavy atom. The first-order valence-electron chi connectivity index (χ1n) is 12.3. The molecule has 35 heavy (non-hydrogen) atoms. The lowest BCUT2D eigenvalue weighted by Crippen LogP contribution is -2.06. The van der Waals surface area contributed by atoms with E-state index in [-0.39, 0.29) is 11.8 Å². The van der Waals surface area contributed by atoms with Crippen LogP contribution in [0.2, 0.25) is 0 Å². The molecule has 0 bridgehead atoms. The summed E-state index contributed by atoms with van der Waals surface area (Å²) < 4.78 is 17.3. The minimum Gasteiger partial charge on any atom is -0.493 e. The van der Waals surface area contributed by atoms with E-state index in [1.165, 1.54) is 11.1 Å². The number of rotatable bonds is 10. The second-order valence-electron chi connectivity index (χ2n) is 9.06. The Hall–Kier alpha value is -3.51. The molecule has 0 radical (unpaired) electrons. The first kappa shape index (κ1) is 23.2. The number of nitrogens with one attached hydrogen (secondary N) is 1. The number of carboxylic acids is 1. The van der Waals surface area contributed by atoms with E-state index in [1.54, 1.807) is 0 Å². The van der Waals surface area contributed by atoms with Gasteiger partial charge in [-0.1, -0.05) is 24.3 Å². The lowest BCUT2D eigenvalue weighted by Gasteiger charge is -2.14. The van der Waals surface area contributed by atoms with Gasteiger partial charge < -0.3 is 24.6 Å². The molecule has 1 aliphatic carbocycles. The fourth-order valence-electron chi connectivity index (χ4n) is 4.68. The Labute approximate surface area is 205 Å². The van der Waals surface area contributed by atoms with Gasteiger partial charge in [-0.05, 0) is 77.9 Å². The van der Waals surface area contributed by atoms with Crippen LogP contribution in [-0.2, 0) is 22.5 Å². The number of aliphatic carboxylic acids is 1. The lowest BCUT2D eigenvalue weighted by atomic mass is 9.96. The highest BCUT2D eigenvalue weighted by molar-refractivity contribution is 5.76. The molecule has 6 nitrogen and oxygen atoms in total. The molecule has 1 heterocycles. The van der Waals surface area contributed by atoms with Gasteiger partial charge in [0.15, 0.2) is 0 Å². The predicted octanol–water partition coefficient (Wildman–Crippen LogP) is 5.50. The Morgan fingerprint density at radius 2 is 1.91 bits per heavy atom. The maximum absolute atomic E-state index is 11.1. The predicted molar refractivity (Wildman–Crippen MR) is 135 cm³/mol. The molecule has 1 fully saturated rings. The number of carboxylic acid groups (broad SMARTS) is 1. The van der Waals surface area contributed by atoms with Gasteiger partial charge in [-0.15, -0.1) is 0 Å². The third-order valence-electron chi connectivity index (χ3n) is 6.68. The van der Waals surface area contributed by atoms with Crippen LogP contribution in [0.5, 0.6) is 11.5 Å². The zero-order valence-corrected chi connectivity index (χ0v) is 20.0. The molecule has 1 aliphatic heterocycles. The molecular formula is C29H31NO5. The summed E-state index contributed by atoms with van der Waals surface area (Å²) in [4.78, 5) is 11.1. The number of benzene rings is 3. The Morgan fingerprint density at radius 3 is 2.69 bits per heavy atom. The summed E-state index contributed by atoms with van der Waals surface area (Å²) >= 11 is 0. The number of hydrogen-bond donors (Lipinski definition) is 2. The molecule has 3 aromatic carbocycles. The van der Waals surface area contributed by atoms with Crippen LogP contribution in [0.3, 0.4) is 0 Å². The van der Waals surface area contributed by atoms with Crippen LogP contribution < -0.4 is 14.8 Å². The Bertz CT molecular complexity index is 1190. The van der Waals surface area contributed by atoms with Gasteiger partial charge in [0.1, 0.15) is 18.1 Å². The van der Waals surface area contributed by atoms with Crippen molar-refractivity contribution in [1.29, 1.82) is 0 Å². The first-order chi connectivity index (χ1) is 17.1. The average molecular weight is 474 g/mol. The van der Waals surface area contributed by atoms with Gasteiger partial charge >= 0.3 is 5.97 Å². The molecule has 2 atom stereocenters. The van der Waals surface area contributed by atoms with Crippen LogP contribution in [0.4, 0.5) is 5.69 Å². The number of fused-ring (bicyclic) bond motifs is 3. The van der Waals surface area contributed by atoms with Crippen LogP contribution in [-0.4, -0.2) is 37.5 Å². The summed E-state index contributed by atoms with van der Waals surface area (Å²) in [6.45, 7) is 5.11. The highest BCUT2D eigenvalue weighted by Crippen LogP contribution is 2.47. The summed E-state index contributed by atoms with van der Waals surface area (Å²) in [5.74, 6) is 0.989. The number of carbonyl (C=O) groups is 1. The van der Waals surface area contributed by atoms with Crippen molar-refractivity contribution in [3.05, 3.63) is 77.4 Å². The van der Waals surface area contributed by atoms with E-state index < -0.39 is 5.97 Å². The van der Waals surface area contributed by atoms with Crippen molar-refractivity contribution in [2.24, 2.45) is 5.92 Å². The molecule has 0 aromatic heterocycles. The van der Waals surface area contributed by atoms with Crippen LogP contribution in [0, 0.1) is 5.92 Å². The number of anilines is 1. The third kappa shape index (κ3) is 5.43. The van der Waals surface area contributed by atoms with Crippen molar-refractivity contribution in [1.82, 2.24) is 0 Å². The van der Waals surface area contributed by atoms with Crippen molar-refractivity contribution in [2.75, 3.05) is 31.7 Å². The van der Waals surface area contributed by atoms with E-state index in [4.69, 9.17) is 19.3 Å². The van der Waals surface area contributed by atoms with E-state index in [0.29, 0.717) is 33.0 Å². The van der Waals surface area contributed by atoms with Gasteiger partial charge in [0, 0.05) is 30.8 Å². The zero-order valence-electron chi connectivity index (χ0n) is 20.0. The Balaban J connectivity index is 1.26. The summed E-state index contributed by atoms with van der Waals surface area (Å²) in [6, 6.07) is 20.7. The topological polar surface area (TPSA) is 77.0 Å². The zero-order chi connectivity index (χ0) is 24.2. The molecule has 2 aliphatic rings. The fraction of sp³-hybridized carbons (Fsp3) is 0.345. The number of hydrogen-bond acceptors (Lipinski definition) is 5. The monoisotopic (exact) mass is 473 g/mol. The minimum atomic E-state index is -0.698. The molecule has 182 valence electrons. The van der Waals surface area contributed by atoms with E-state index >= 15 is 0 Å². The van der Waals surface area contributed by atoms with Gasteiger partial charge in [-0.3, -0.25) is 4.79 Å². The molecule has 0 saturated heterocycles. The fourth-order valence-corrected chi connectivity index (χ4v) is 4.68. The van der Waals surface area contributed by atoms with Gasteiger partial charge in [-0.2, -0.15) is 0 Å². The quantitative estimate of drug-likeness (QED) is 0.379. The van der Waals surface area contributed by atoms with Crippen molar-refractivity contribution < 1.29 is 24.1 Å². The van der Waals surface area contributed by atoms with Crippen LogP contribution >= 0.6 is 0 Å². The second-order valence-corrected chi connectivity index (χ2v) is 9.06. The molecule has 5 rings (SSSR count). The molecule has 2 N–H and O–H groups in total. The van der Waals surface area contributed by atoms with Crippen LogP contribution in [0.15, 0.2) is 60.7 Å². The maximum atomic E-state index is 11.1. The highest BCUT2D eigenvalue weighted by Gasteiger charge is 2.43. The number of ether oxygens (including phenoxy) is 3. The molecule has 2 unspecified atom stereocenters. The molecule has 1 saturated carbocycles. The third-order valence-corrected chi connectivity index (χ3v) is 6.68. The highest BCUT2D eigenvalue weighted by atomic mass is 16.5. The van der Waals surface area contributed by atoms with Gasteiger partial charge in [0.2, 0.25) is 0 Å². The first-order valence-corrected chi connectivity index (χ1v) is 12.3. The molecule has 6 heteroatoms. The Kier molecular flexibility index (Phi) is 6.91. The molecule has 3 aromatic rings. The standard InChI is InChI=1S/C29H31NO5/c1-2-33-13-14-34-23-8-9-24-21(16-23)11-12-35-28-10-3-19(15-26(24)28)18-30-22-6-4-20(5-7-22)25-17-27(25)29(31)32/h3-10,15-16,25,27,30H,2,11-14,17-18H2,1H3,(H,31,32). The van der Waals surface area contributed by atoms with E-state index in [2.05, 4.69) is 35.6 Å². The lowest BCUT2D eigenvalue weighted by molar-refractivity contribution is -0.138. The van der Waals surface area contributed by atoms with E-state index in [0.717, 1.165) is 46.7 Å². The normalized spacial score (nSPS) is 18.0. The van der Waals surface area contributed by atoms with Gasteiger partial charge in [-0.25, -0.2) is 0 Å². The summed E-state index contributed by atoms with van der Waals surface area (Å²) in [5, 5.41) is 12.6. The second kappa shape index (κ2) is 10.4. The van der Waals surface area contributed by atoms with Crippen molar-refractivity contribution in [2.45, 2.75) is 32.2 Å². The minimum absolute atomic E-state index is 0.154. The summed E-state index contributed by atoms with van der Waals surface area (Å²) in [6.07, 6.45) is 1.57. The smallest absolute Gasteiger partial charge is 0.307 e. The van der Waals surface area contributed by atoms with Crippen molar-refractivity contribution >= 4 is 11.7 Å². The van der Waals surface area contributed by atoms with E-state index in [1.807, 2.05) is 37.3 Å². The summed E-state index contributed by atoms with van der Waals surface area (Å²) in [5.41, 5.74) is 6.77. The average Bonchev–Trinajstić information content (AvgIpc) is 3.69. The van der Waals surface area contributed by atoms with E-state index in [9.17, 15) is 4.79 Å². The van der Waals surface area contributed by atoms with Crippen molar-refractivity contribution in [3.63, 3.8) is 0 Å². The van der Waals surface area contributed by atoms with Crippen molar-refractivity contribution in [3.8, 4) is 22.6 Å². The van der Waals surface area contributed by atoms with Crippen LogP contribution in [0.1, 0.15) is 36.0 Å². The summed E-state index contributed by atoms with van der Waals surface area (Å²) in [7, 11) is 0. The largest absolute Gasteiger partial charge is 0.493 e.